The minimum Gasteiger partial charge on any atom is -0.320 e. The van der Waals surface area contributed by atoms with Gasteiger partial charge in [0.2, 0.25) is 0 Å². The molecule has 2 aromatic heterocycles. The van der Waals surface area contributed by atoms with Gasteiger partial charge in [0.05, 0.1) is 10.7 Å². The molecule has 0 saturated carbocycles. The van der Waals surface area contributed by atoms with E-state index in [1.807, 2.05) is 32.9 Å². The minimum absolute atomic E-state index is 0.0125. The number of carbonyl (C=O) groups is 2. The van der Waals surface area contributed by atoms with Gasteiger partial charge in [-0.2, -0.15) is 5.10 Å². The van der Waals surface area contributed by atoms with Gasteiger partial charge in [0, 0.05) is 24.2 Å². The van der Waals surface area contributed by atoms with Crippen LogP contribution in [0.3, 0.4) is 0 Å². The summed E-state index contributed by atoms with van der Waals surface area (Å²) < 4.78 is 1.83. The maximum Gasteiger partial charge on any atom is 0.274 e. The molecule has 1 N–H and O–H groups in total. The van der Waals surface area contributed by atoms with Gasteiger partial charge in [-0.1, -0.05) is 37.6 Å². The van der Waals surface area contributed by atoms with Crippen molar-refractivity contribution in [2.45, 2.75) is 27.2 Å². The fraction of sp³-hybridized carbons (Fsp3) is 0.238. The summed E-state index contributed by atoms with van der Waals surface area (Å²) in [5, 5.41) is 7.52. The lowest BCUT2D eigenvalue weighted by molar-refractivity contribution is 0.0968. The molecule has 0 aliphatic heterocycles. The summed E-state index contributed by atoms with van der Waals surface area (Å²) in [7, 11) is 0. The van der Waals surface area contributed by atoms with E-state index in [4.69, 9.17) is 11.6 Å². The molecule has 0 aliphatic carbocycles. The number of nitrogens with one attached hydrogen (secondary N) is 1. The number of carbonyl (C=O) groups excluding carboxylic acids is 2. The molecule has 0 bridgehead atoms. The minimum atomic E-state index is -0.419. The number of nitrogens with zero attached hydrogens (tertiary/aromatic N) is 3. The van der Waals surface area contributed by atoms with Gasteiger partial charge < -0.3 is 5.32 Å². The highest BCUT2D eigenvalue weighted by atomic mass is 79.9. The van der Waals surface area contributed by atoms with Crippen molar-refractivity contribution in [2.75, 3.05) is 5.32 Å². The van der Waals surface area contributed by atoms with Gasteiger partial charge >= 0.3 is 0 Å². The lowest BCUT2D eigenvalue weighted by Crippen LogP contribution is -2.20. The van der Waals surface area contributed by atoms with Crippen LogP contribution in [0.1, 0.15) is 46.7 Å². The lowest BCUT2D eigenvalue weighted by atomic mass is 9.97. The zero-order chi connectivity index (χ0) is 21.1. The number of hydrogen-bond donors (Lipinski definition) is 1. The van der Waals surface area contributed by atoms with E-state index in [-0.39, 0.29) is 17.4 Å². The van der Waals surface area contributed by atoms with Gasteiger partial charge in [0.25, 0.3) is 5.91 Å². The number of aromatic nitrogens is 3. The Balaban J connectivity index is 1.99. The van der Waals surface area contributed by atoms with E-state index >= 15 is 0 Å². The zero-order valence-corrected chi connectivity index (χ0v) is 18.6. The second-order valence-electron chi connectivity index (χ2n) is 7.05. The number of aryl methyl sites for hydroxylation is 1. The molecule has 3 rings (SSSR count). The Morgan fingerprint density at radius 3 is 2.69 bits per heavy atom. The van der Waals surface area contributed by atoms with E-state index in [1.54, 1.807) is 30.5 Å². The van der Waals surface area contributed by atoms with E-state index in [0.717, 1.165) is 5.56 Å². The fourth-order valence-electron chi connectivity index (χ4n) is 2.93. The first-order valence-corrected chi connectivity index (χ1v) is 10.3. The van der Waals surface area contributed by atoms with Crippen molar-refractivity contribution in [3.63, 3.8) is 0 Å². The molecule has 0 unspecified atom stereocenters. The van der Waals surface area contributed by atoms with Crippen molar-refractivity contribution in [3.8, 4) is 5.82 Å². The van der Waals surface area contributed by atoms with Crippen LogP contribution in [0.25, 0.3) is 5.82 Å². The molecule has 0 atom stereocenters. The third kappa shape index (κ3) is 4.74. The molecular formula is C21H20BrClN4O2. The van der Waals surface area contributed by atoms with Gasteiger partial charge in [0.1, 0.15) is 10.3 Å². The SMILES string of the molecule is Cc1cccc(C(=O)CC(C)C)c1NC(=O)c1cc(Br)nn1-c1ncccc1Cl. The number of pyridine rings is 1. The monoisotopic (exact) mass is 474 g/mol. The van der Waals surface area contributed by atoms with E-state index in [1.165, 1.54) is 4.68 Å². The van der Waals surface area contributed by atoms with Crippen molar-refractivity contribution in [2.24, 2.45) is 5.92 Å². The summed E-state index contributed by atoms with van der Waals surface area (Å²) in [6, 6.07) is 10.3. The van der Waals surface area contributed by atoms with Crippen molar-refractivity contribution < 1.29 is 9.59 Å². The molecule has 150 valence electrons. The number of rotatable bonds is 6. The summed E-state index contributed by atoms with van der Waals surface area (Å²) in [6.45, 7) is 5.82. The van der Waals surface area contributed by atoms with Crippen LogP contribution in [0.2, 0.25) is 5.02 Å². The molecule has 0 radical (unpaired) electrons. The molecule has 3 aromatic rings. The summed E-state index contributed by atoms with van der Waals surface area (Å²) >= 11 is 9.53. The lowest BCUT2D eigenvalue weighted by Gasteiger charge is -2.15. The average Bonchev–Trinajstić information content (AvgIpc) is 3.04. The van der Waals surface area contributed by atoms with Crippen molar-refractivity contribution in [1.82, 2.24) is 14.8 Å². The standard InChI is InChI=1S/C21H20BrClN4O2/c1-12(2)10-17(28)14-7-4-6-13(3)19(14)25-21(29)16-11-18(22)26-27(16)20-15(23)8-5-9-24-20/h4-9,11-12H,10H2,1-3H3,(H,25,29). The van der Waals surface area contributed by atoms with Crippen LogP contribution in [0, 0.1) is 12.8 Å². The Labute approximate surface area is 182 Å². The number of anilines is 1. The maximum absolute atomic E-state index is 13.1. The van der Waals surface area contributed by atoms with Crippen LogP contribution in [0.4, 0.5) is 5.69 Å². The Kier molecular flexibility index (Phi) is 6.49. The molecule has 1 aromatic carbocycles. The highest BCUT2D eigenvalue weighted by molar-refractivity contribution is 9.10. The van der Waals surface area contributed by atoms with Gasteiger partial charge in [-0.05, 0) is 52.5 Å². The van der Waals surface area contributed by atoms with Crippen LogP contribution in [-0.2, 0) is 0 Å². The topological polar surface area (TPSA) is 76.9 Å². The first-order valence-electron chi connectivity index (χ1n) is 9.08. The molecule has 0 spiro atoms. The summed E-state index contributed by atoms with van der Waals surface area (Å²) in [5.74, 6) is 0.125. The van der Waals surface area contributed by atoms with Gasteiger partial charge in [0.15, 0.2) is 11.6 Å². The van der Waals surface area contributed by atoms with Crippen LogP contribution < -0.4 is 5.32 Å². The number of amides is 1. The quantitative estimate of drug-likeness (QED) is 0.479. The van der Waals surface area contributed by atoms with Crippen molar-refractivity contribution >= 4 is 44.9 Å². The molecule has 29 heavy (non-hydrogen) atoms. The number of para-hydroxylation sites is 1. The molecule has 8 heteroatoms. The van der Waals surface area contributed by atoms with Crippen LogP contribution >= 0.6 is 27.5 Å². The first kappa shape index (κ1) is 21.2. The molecule has 6 nitrogen and oxygen atoms in total. The van der Waals surface area contributed by atoms with E-state index in [2.05, 4.69) is 31.3 Å². The number of halogens is 2. The predicted molar refractivity (Wildman–Crippen MR) is 117 cm³/mol. The van der Waals surface area contributed by atoms with E-state index in [9.17, 15) is 9.59 Å². The Morgan fingerprint density at radius 2 is 2.00 bits per heavy atom. The largest absolute Gasteiger partial charge is 0.320 e. The second kappa shape index (κ2) is 8.88. The Hall–Kier alpha value is -2.51. The zero-order valence-electron chi connectivity index (χ0n) is 16.2. The Morgan fingerprint density at radius 1 is 1.24 bits per heavy atom. The van der Waals surface area contributed by atoms with Gasteiger partial charge in [-0.25, -0.2) is 9.67 Å². The second-order valence-corrected chi connectivity index (χ2v) is 8.27. The number of Topliss-reactive ketones (excluding diaryl/α,β-unsaturated/α-hetero) is 1. The predicted octanol–water partition coefficient (Wildman–Crippen LogP) is 5.47. The number of ketones is 1. The third-order valence-corrected chi connectivity index (χ3v) is 4.94. The van der Waals surface area contributed by atoms with E-state index < -0.39 is 5.91 Å². The van der Waals surface area contributed by atoms with Gasteiger partial charge in [-0.15, -0.1) is 0 Å². The molecule has 0 aliphatic rings. The average molecular weight is 476 g/mol. The van der Waals surface area contributed by atoms with Crippen LogP contribution in [0.5, 0.6) is 0 Å². The van der Waals surface area contributed by atoms with Gasteiger partial charge in [-0.3, -0.25) is 9.59 Å². The van der Waals surface area contributed by atoms with E-state index in [0.29, 0.717) is 33.1 Å². The molecule has 0 fully saturated rings. The Bertz CT molecular complexity index is 1080. The number of hydrogen-bond acceptors (Lipinski definition) is 4. The molecular weight excluding hydrogens is 456 g/mol. The summed E-state index contributed by atoms with van der Waals surface area (Å²) in [5.41, 5.74) is 2.03. The summed E-state index contributed by atoms with van der Waals surface area (Å²) in [4.78, 5) is 30.0. The molecule has 2 heterocycles. The van der Waals surface area contributed by atoms with Crippen molar-refractivity contribution in [1.29, 1.82) is 0 Å². The molecule has 1 amide bonds. The molecule has 0 saturated heterocycles. The smallest absolute Gasteiger partial charge is 0.274 e. The van der Waals surface area contributed by atoms with Crippen LogP contribution in [0.15, 0.2) is 47.2 Å². The third-order valence-electron chi connectivity index (χ3n) is 4.26. The number of benzene rings is 1. The maximum atomic E-state index is 13.1. The first-order chi connectivity index (χ1) is 13.8. The fourth-order valence-corrected chi connectivity index (χ4v) is 3.51. The highest BCUT2D eigenvalue weighted by Gasteiger charge is 2.22. The van der Waals surface area contributed by atoms with Crippen LogP contribution in [-0.4, -0.2) is 26.5 Å². The normalized spacial score (nSPS) is 11.0. The summed E-state index contributed by atoms with van der Waals surface area (Å²) in [6.07, 6.45) is 1.97. The highest BCUT2D eigenvalue weighted by Crippen LogP contribution is 2.26. The van der Waals surface area contributed by atoms with Crippen molar-refractivity contribution in [3.05, 3.63) is 69.0 Å².